The van der Waals surface area contributed by atoms with Gasteiger partial charge in [0.2, 0.25) is 6.79 Å². The van der Waals surface area contributed by atoms with Crippen LogP contribution in [0.1, 0.15) is 30.4 Å². The maximum atomic E-state index is 9.76. The molecule has 1 saturated heterocycles. The number of nitrogens with zero attached hydrogens (tertiary/aromatic N) is 3. The van der Waals surface area contributed by atoms with E-state index < -0.39 is 0 Å². The highest BCUT2D eigenvalue weighted by Gasteiger charge is 2.23. The molecule has 1 fully saturated rings. The normalized spacial score (nSPS) is 16.1. The lowest BCUT2D eigenvalue weighted by Gasteiger charge is -2.12. The van der Waals surface area contributed by atoms with E-state index in [1.54, 1.807) is 12.1 Å². The standard InChI is InChI=1S/C27H25ClN6O3S/c28-20-7-8-21-24(37-15-36-21)23(20)33-22-17(12-29)14-31-26-25(22)38-27(34-26)32-18-5-3-16(4-6-18)13-30-10-9-19-2-1-11-35-19/h3-8,14,19,30H,1-2,9-11,13,15H2,(H2,31,32,33,34)/t19-/m1/s1. The van der Waals surface area contributed by atoms with Gasteiger partial charge in [0.25, 0.3) is 0 Å². The predicted octanol–water partition coefficient (Wildman–Crippen LogP) is 6.09. The number of rotatable bonds is 9. The number of nitrogens with one attached hydrogen (secondary N) is 3. The molecule has 2 aliphatic heterocycles. The molecule has 0 saturated carbocycles. The quantitative estimate of drug-likeness (QED) is 0.214. The molecule has 0 radical (unpaired) electrons. The van der Waals surface area contributed by atoms with Gasteiger partial charge in [0.05, 0.1) is 22.4 Å². The highest BCUT2D eigenvalue weighted by molar-refractivity contribution is 7.22. The number of hydrogen-bond donors (Lipinski definition) is 3. The van der Waals surface area contributed by atoms with E-state index in [0.29, 0.717) is 50.3 Å². The summed E-state index contributed by atoms with van der Waals surface area (Å²) in [4.78, 5) is 9.02. The first-order valence-corrected chi connectivity index (χ1v) is 13.6. The number of fused-ring (bicyclic) bond motifs is 2. The van der Waals surface area contributed by atoms with Crippen LogP contribution in [0.25, 0.3) is 10.3 Å². The summed E-state index contributed by atoms with van der Waals surface area (Å²) in [6, 6.07) is 13.9. The van der Waals surface area contributed by atoms with Crippen LogP contribution in [0.5, 0.6) is 11.5 Å². The van der Waals surface area contributed by atoms with Crippen molar-refractivity contribution >= 4 is 55.5 Å². The van der Waals surface area contributed by atoms with Crippen LogP contribution in [0.4, 0.5) is 22.2 Å². The summed E-state index contributed by atoms with van der Waals surface area (Å²) >= 11 is 7.87. The Bertz CT molecular complexity index is 1500. The number of ether oxygens (including phenoxy) is 3. The van der Waals surface area contributed by atoms with Gasteiger partial charge < -0.3 is 30.2 Å². The second-order valence-electron chi connectivity index (χ2n) is 9.03. The van der Waals surface area contributed by atoms with Crippen LogP contribution in [-0.4, -0.2) is 36.0 Å². The van der Waals surface area contributed by atoms with Crippen LogP contribution < -0.4 is 25.4 Å². The SMILES string of the molecule is N#Cc1cnc2nc(Nc3ccc(CNCC[C@H]4CCCO4)cc3)sc2c1Nc1c(Cl)ccc2c1OCO2. The molecule has 0 unspecified atom stereocenters. The predicted molar refractivity (Wildman–Crippen MR) is 148 cm³/mol. The summed E-state index contributed by atoms with van der Waals surface area (Å²) in [6.45, 7) is 2.76. The van der Waals surface area contributed by atoms with E-state index >= 15 is 0 Å². The molecule has 4 heterocycles. The number of aromatic nitrogens is 2. The second-order valence-corrected chi connectivity index (χ2v) is 10.4. The Balaban J connectivity index is 1.17. The van der Waals surface area contributed by atoms with Gasteiger partial charge in [0.1, 0.15) is 16.5 Å². The van der Waals surface area contributed by atoms with Gasteiger partial charge in [-0.25, -0.2) is 4.98 Å². The number of hydrogen-bond acceptors (Lipinski definition) is 10. The Hall–Kier alpha value is -3.62. The summed E-state index contributed by atoms with van der Waals surface area (Å²) in [7, 11) is 0. The van der Waals surface area contributed by atoms with Gasteiger partial charge in [-0.05, 0) is 55.6 Å². The smallest absolute Gasteiger partial charge is 0.231 e. The van der Waals surface area contributed by atoms with Crippen molar-refractivity contribution in [2.45, 2.75) is 31.9 Å². The van der Waals surface area contributed by atoms with E-state index in [0.717, 1.165) is 36.5 Å². The first-order valence-electron chi connectivity index (χ1n) is 12.4. The molecular weight excluding hydrogens is 524 g/mol. The van der Waals surface area contributed by atoms with Gasteiger partial charge in [-0.2, -0.15) is 10.2 Å². The average Bonchev–Trinajstić information content (AvgIpc) is 3.70. The molecule has 9 nitrogen and oxygen atoms in total. The summed E-state index contributed by atoms with van der Waals surface area (Å²) in [6.07, 6.45) is 5.31. The lowest BCUT2D eigenvalue weighted by atomic mass is 10.1. The monoisotopic (exact) mass is 548 g/mol. The maximum Gasteiger partial charge on any atom is 0.231 e. The van der Waals surface area contributed by atoms with Crippen molar-refractivity contribution in [1.29, 1.82) is 5.26 Å². The van der Waals surface area contributed by atoms with E-state index in [4.69, 9.17) is 25.8 Å². The number of anilines is 4. The summed E-state index contributed by atoms with van der Waals surface area (Å²) in [5.41, 5.74) is 4.12. The zero-order valence-corrected chi connectivity index (χ0v) is 22.0. The molecule has 194 valence electrons. The molecule has 4 aromatic rings. The number of thiazole rings is 1. The minimum atomic E-state index is 0.111. The lowest BCUT2D eigenvalue weighted by Crippen LogP contribution is -2.19. The van der Waals surface area contributed by atoms with Crippen molar-refractivity contribution in [3.05, 3.63) is 58.7 Å². The molecule has 11 heteroatoms. The zero-order valence-electron chi connectivity index (χ0n) is 20.4. The first-order chi connectivity index (χ1) is 18.7. The van der Waals surface area contributed by atoms with E-state index in [1.165, 1.54) is 35.9 Å². The Morgan fingerprint density at radius 3 is 2.82 bits per heavy atom. The van der Waals surface area contributed by atoms with Crippen molar-refractivity contribution < 1.29 is 14.2 Å². The average molecular weight is 549 g/mol. The molecule has 1 atom stereocenters. The summed E-state index contributed by atoms with van der Waals surface area (Å²) < 4.78 is 17.5. The van der Waals surface area contributed by atoms with E-state index in [-0.39, 0.29) is 6.79 Å². The van der Waals surface area contributed by atoms with Crippen LogP contribution in [0.3, 0.4) is 0 Å². The minimum absolute atomic E-state index is 0.111. The summed E-state index contributed by atoms with van der Waals surface area (Å²) in [5.74, 6) is 1.10. The van der Waals surface area contributed by atoms with Gasteiger partial charge in [-0.1, -0.05) is 35.1 Å². The molecular formula is C27H25ClN6O3S. The third-order valence-corrected chi connectivity index (χ3v) is 7.77. The fourth-order valence-electron chi connectivity index (χ4n) is 4.52. The van der Waals surface area contributed by atoms with Crippen LogP contribution in [-0.2, 0) is 11.3 Å². The molecule has 6 rings (SSSR count). The Kier molecular flexibility index (Phi) is 7.16. The Morgan fingerprint density at radius 1 is 1.11 bits per heavy atom. The van der Waals surface area contributed by atoms with Crippen molar-refractivity contribution in [3.63, 3.8) is 0 Å². The highest BCUT2D eigenvalue weighted by Crippen LogP contribution is 2.46. The molecule has 0 aliphatic carbocycles. The van der Waals surface area contributed by atoms with Crippen LogP contribution in [0, 0.1) is 11.3 Å². The minimum Gasteiger partial charge on any atom is -0.454 e. The number of nitriles is 1. The Morgan fingerprint density at radius 2 is 2.00 bits per heavy atom. The van der Waals surface area contributed by atoms with Crippen LogP contribution in [0.2, 0.25) is 5.02 Å². The molecule has 2 aromatic heterocycles. The molecule has 3 N–H and O–H groups in total. The summed E-state index contributed by atoms with van der Waals surface area (Å²) in [5, 5.41) is 21.0. The van der Waals surface area contributed by atoms with Gasteiger partial charge in [-0.15, -0.1) is 0 Å². The maximum absolute atomic E-state index is 9.76. The third kappa shape index (κ3) is 5.19. The fourth-order valence-corrected chi connectivity index (χ4v) is 5.67. The lowest BCUT2D eigenvalue weighted by molar-refractivity contribution is 0.104. The largest absolute Gasteiger partial charge is 0.454 e. The van der Waals surface area contributed by atoms with E-state index in [2.05, 4.69) is 44.1 Å². The molecule has 2 aromatic carbocycles. The van der Waals surface area contributed by atoms with Gasteiger partial charge in [-0.3, -0.25) is 0 Å². The molecule has 0 spiro atoms. The number of pyridine rings is 1. The van der Waals surface area contributed by atoms with E-state index in [1.807, 2.05) is 12.1 Å². The van der Waals surface area contributed by atoms with Gasteiger partial charge >= 0.3 is 0 Å². The molecule has 0 bridgehead atoms. The van der Waals surface area contributed by atoms with Crippen molar-refractivity contribution in [1.82, 2.24) is 15.3 Å². The van der Waals surface area contributed by atoms with Crippen LogP contribution >= 0.6 is 22.9 Å². The highest BCUT2D eigenvalue weighted by atomic mass is 35.5. The molecule has 0 amide bonds. The number of benzene rings is 2. The Labute approximate surface area is 228 Å². The molecule has 38 heavy (non-hydrogen) atoms. The third-order valence-electron chi connectivity index (χ3n) is 6.48. The van der Waals surface area contributed by atoms with Gasteiger partial charge in [0.15, 0.2) is 22.3 Å². The zero-order chi connectivity index (χ0) is 25.9. The molecule has 2 aliphatic rings. The second kappa shape index (κ2) is 11.0. The van der Waals surface area contributed by atoms with E-state index in [9.17, 15) is 5.26 Å². The number of halogens is 1. The fraction of sp³-hybridized carbons (Fsp3) is 0.296. The van der Waals surface area contributed by atoms with Gasteiger partial charge in [0, 0.05) is 25.0 Å². The first kappa shape index (κ1) is 24.7. The van der Waals surface area contributed by atoms with Crippen molar-refractivity contribution in [2.24, 2.45) is 0 Å². The van der Waals surface area contributed by atoms with Crippen LogP contribution in [0.15, 0.2) is 42.6 Å². The van der Waals surface area contributed by atoms with Crippen molar-refractivity contribution in [3.8, 4) is 17.6 Å². The topological polar surface area (TPSA) is 113 Å². The van der Waals surface area contributed by atoms with Crippen molar-refractivity contribution in [2.75, 3.05) is 30.6 Å².